The van der Waals surface area contributed by atoms with Crippen molar-refractivity contribution in [3.63, 3.8) is 0 Å². The van der Waals surface area contributed by atoms with E-state index in [1.54, 1.807) is 16.8 Å². The first-order valence-electron chi connectivity index (χ1n) is 21.9. The molecule has 2 aromatic carbocycles. The Morgan fingerprint density at radius 3 is 2.38 bits per heavy atom. The molecule has 1 saturated heterocycles. The van der Waals surface area contributed by atoms with Crippen LogP contribution < -0.4 is 21.3 Å². The van der Waals surface area contributed by atoms with Crippen molar-refractivity contribution in [3.8, 4) is 10.4 Å². The maximum atomic E-state index is 14.1. The van der Waals surface area contributed by atoms with E-state index in [1.807, 2.05) is 52.0 Å². The average molecular weight is 936 g/mol. The number of aromatic nitrogens is 2. The van der Waals surface area contributed by atoms with Gasteiger partial charge in [-0.25, -0.2) is 9.37 Å². The fourth-order valence-electron chi connectivity index (χ4n) is 8.34. The molecule has 4 heterocycles. The van der Waals surface area contributed by atoms with Crippen LogP contribution in [0.15, 0.2) is 54.0 Å². The number of fused-ring (bicyclic) bond motifs is 1. The van der Waals surface area contributed by atoms with Gasteiger partial charge in [0, 0.05) is 49.1 Å². The van der Waals surface area contributed by atoms with Crippen LogP contribution in [0.1, 0.15) is 118 Å². The van der Waals surface area contributed by atoms with Crippen molar-refractivity contribution < 1.29 is 38.4 Å². The van der Waals surface area contributed by atoms with E-state index >= 15 is 0 Å². The van der Waals surface area contributed by atoms with Gasteiger partial charge in [-0.3, -0.25) is 34.1 Å². The highest BCUT2D eigenvalue weighted by molar-refractivity contribution is 7.13. The highest BCUT2D eigenvalue weighted by Crippen LogP contribution is 2.38. The number of carbonyl (C=O) groups excluding carboxylic acids is 5. The molecule has 5 amide bonds. The number of unbranched alkanes of at least 4 members (excludes halogenated alkanes) is 6. The minimum atomic E-state index is -1.13. The van der Waals surface area contributed by atoms with Crippen LogP contribution in [0, 0.1) is 28.3 Å². The van der Waals surface area contributed by atoms with Gasteiger partial charge in [0.25, 0.3) is 11.6 Å². The SMILES string of the molecule is Cc1ncsc1-c1ccc(CNC(=O)[C@@H]2C[C@@H](O)CN2C(=O)C(NC(=O)CCCCCCCCCNC(=O)c2cc([N+](=O)[O-])c3n2CC(=O)NC3c2cc(F)ccc2Cl)C(C)(C)C)cc1. The molecule has 0 saturated carbocycles. The molecule has 19 heteroatoms. The Morgan fingerprint density at radius 2 is 1.72 bits per heavy atom. The molecular formula is C46H56ClFN8O8S. The van der Waals surface area contributed by atoms with Crippen molar-refractivity contribution in [2.24, 2.45) is 5.41 Å². The van der Waals surface area contributed by atoms with E-state index in [1.165, 1.54) is 15.5 Å². The minimum absolute atomic E-state index is 0.00967. The third-order valence-electron chi connectivity index (χ3n) is 11.8. The standard InChI is InChI=1S/C46H56ClFN8O8S/c1-27-41(65-26-51-27)29-15-13-28(14-16-29)23-50-44(61)35-21-31(57)24-55(35)45(62)42(46(2,3)4)53-37(58)12-10-8-6-5-7-9-11-19-49-43(60)36-22-34(56(63)64)40-39(52-38(59)25-54(36)40)32-20-30(48)17-18-33(32)47/h13-18,20,22,26,31,35,39,42,57H,5-12,19,21,23-25H2,1-4H3,(H,49,60)(H,50,61)(H,52,59)(H,53,58)/t31-,35+,39?,42?/m1/s1. The summed E-state index contributed by atoms with van der Waals surface area (Å²) in [6.45, 7) is 7.72. The Kier molecular flexibility index (Phi) is 16.1. The van der Waals surface area contributed by atoms with Crippen LogP contribution in [0.5, 0.6) is 0 Å². The minimum Gasteiger partial charge on any atom is -0.391 e. The van der Waals surface area contributed by atoms with Crippen LogP contribution >= 0.6 is 22.9 Å². The molecule has 2 unspecified atom stereocenters. The van der Waals surface area contributed by atoms with Gasteiger partial charge in [-0.2, -0.15) is 0 Å². The zero-order chi connectivity index (χ0) is 47.0. The number of benzene rings is 2. The summed E-state index contributed by atoms with van der Waals surface area (Å²) in [6.07, 6.45) is 4.95. The maximum absolute atomic E-state index is 14.1. The Bertz CT molecular complexity index is 2400. The van der Waals surface area contributed by atoms with Crippen molar-refractivity contribution in [2.45, 2.75) is 123 Å². The molecule has 65 heavy (non-hydrogen) atoms. The molecule has 0 aliphatic carbocycles. The summed E-state index contributed by atoms with van der Waals surface area (Å²) < 4.78 is 15.4. The number of aliphatic hydroxyl groups excluding tert-OH is 1. The summed E-state index contributed by atoms with van der Waals surface area (Å²) in [5.74, 6) is -2.78. The summed E-state index contributed by atoms with van der Waals surface area (Å²) in [7, 11) is 0. The first kappa shape index (κ1) is 48.7. The molecular weight excluding hydrogens is 879 g/mol. The molecule has 6 rings (SSSR count). The molecule has 5 N–H and O–H groups in total. The molecule has 1 fully saturated rings. The van der Waals surface area contributed by atoms with Gasteiger partial charge in [-0.1, -0.05) is 88.7 Å². The Hall–Kier alpha value is -5.72. The fraction of sp³-hybridized carbons (Fsp3) is 0.478. The van der Waals surface area contributed by atoms with E-state index < -0.39 is 63.8 Å². The Labute approximate surface area is 385 Å². The van der Waals surface area contributed by atoms with E-state index in [4.69, 9.17) is 11.6 Å². The normalized spacial score (nSPS) is 17.6. The maximum Gasteiger partial charge on any atom is 0.293 e. The molecule has 16 nitrogen and oxygen atoms in total. The molecule has 348 valence electrons. The lowest BCUT2D eigenvalue weighted by atomic mass is 9.85. The van der Waals surface area contributed by atoms with Gasteiger partial charge in [0.1, 0.15) is 41.9 Å². The number of likely N-dealkylation sites (tertiary alicyclic amines) is 1. The summed E-state index contributed by atoms with van der Waals surface area (Å²) in [5.41, 5.74) is 3.73. The molecule has 2 aromatic heterocycles. The van der Waals surface area contributed by atoms with Crippen molar-refractivity contribution in [1.82, 2.24) is 35.7 Å². The summed E-state index contributed by atoms with van der Waals surface area (Å²) in [6, 6.07) is 9.57. The zero-order valence-corrected chi connectivity index (χ0v) is 38.5. The highest BCUT2D eigenvalue weighted by atomic mass is 35.5. The Morgan fingerprint density at radius 1 is 1.03 bits per heavy atom. The number of nitrogens with zero attached hydrogens (tertiary/aromatic N) is 4. The first-order valence-corrected chi connectivity index (χ1v) is 23.1. The number of nitrogens with one attached hydrogen (secondary N) is 4. The second-order valence-corrected chi connectivity index (χ2v) is 19.0. The lowest BCUT2D eigenvalue weighted by molar-refractivity contribution is -0.385. The number of hydrogen-bond acceptors (Lipinski definition) is 10. The van der Waals surface area contributed by atoms with Crippen LogP contribution in [0.4, 0.5) is 10.1 Å². The van der Waals surface area contributed by atoms with Crippen molar-refractivity contribution in [3.05, 3.63) is 103 Å². The Balaban J connectivity index is 0.904. The predicted octanol–water partition coefficient (Wildman–Crippen LogP) is 6.50. The van der Waals surface area contributed by atoms with Crippen LogP contribution in [0.25, 0.3) is 10.4 Å². The van der Waals surface area contributed by atoms with Crippen molar-refractivity contribution in [1.29, 1.82) is 0 Å². The fourth-order valence-corrected chi connectivity index (χ4v) is 9.38. The number of rotatable bonds is 19. The molecule has 2 aliphatic rings. The summed E-state index contributed by atoms with van der Waals surface area (Å²) in [4.78, 5) is 84.6. The van der Waals surface area contributed by atoms with E-state index in [9.17, 15) is 43.6 Å². The monoisotopic (exact) mass is 934 g/mol. The van der Waals surface area contributed by atoms with Crippen LogP contribution in [-0.2, 0) is 32.3 Å². The summed E-state index contributed by atoms with van der Waals surface area (Å²) >= 11 is 7.85. The molecule has 0 bridgehead atoms. The smallest absolute Gasteiger partial charge is 0.293 e. The van der Waals surface area contributed by atoms with Crippen molar-refractivity contribution in [2.75, 3.05) is 13.1 Å². The zero-order valence-electron chi connectivity index (χ0n) is 37.0. The highest BCUT2D eigenvalue weighted by Gasteiger charge is 2.44. The number of halogens is 2. The number of carbonyl (C=O) groups is 5. The number of β-amino-alcohol motifs (C(OH)–C–C–N with tert-alkyl or cyclic N) is 1. The lowest BCUT2D eigenvalue weighted by Crippen LogP contribution is -2.57. The van der Waals surface area contributed by atoms with E-state index in [0.717, 1.165) is 72.0 Å². The van der Waals surface area contributed by atoms with E-state index in [0.29, 0.717) is 19.4 Å². The second kappa shape index (κ2) is 21.5. The van der Waals surface area contributed by atoms with Crippen molar-refractivity contribution >= 4 is 58.2 Å². The lowest BCUT2D eigenvalue weighted by Gasteiger charge is -2.35. The quantitative estimate of drug-likeness (QED) is 0.0393. The largest absolute Gasteiger partial charge is 0.391 e. The van der Waals surface area contributed by atoms with Crippen LogP contribution in [0.3, 0.4) is 0 Å². The summed E-state index contributed by atoms with van der Waals surface area (Å²) in [5, 5.41) is 34.0. The van der Waals surface area contributed by atoms with Gasteiger partial charge in [0.05, 0.1) is 27.1 Å². The van der Waals surface area contributed by atoms with Gasteiger partial charge in [0.15, 0.2) is 0 Å². The number of aryl methyl sites for hydroxylation is 1. The third-order valence-corrected chi connectivity index (χ3v) is 13.1. The molecule has 4 atom stereocenters. The average Bonchev–Trinajstić information content (AvgIpc) is 3.99. The molecule has 4 aromatic rings. The van der Waals surface area contributed by atoms with Gasteiger partial charge in [-0.05, 0) is 54.5 Å². The molecule has 0 spiro atoms. The molecule has 2 aliphatic heterocycles. The second-order valence-electron chi connectivity index (χ2n) is 17.7. The van der Waals surface area contributed by atoms with Crippen LogP contribution in [0.2, 0.25) is 5.02 Å². The topological polar surface area (TPSA) is 218 Å². The first-order chi connectivity index (χ1) is 30.9. The number of hydrogen-bond donors (Lipinski definition) is 5. The number of thiazole rings is 1. The number of amides is 5. The van der Waals surface area contributed by atoms with Gasteiger partial charge < -0.3 is 35.8 Å². The third kappa shape index (κ3) is 12.1. The molecule has 0 radical (unpaired) electrons. The van der Waals surface area contributed by atoms with Gasteiger partial charge in [0.2, 0.25) is 23.6 Å². The number of aliphatic hydroxyl groups is 1. The van der Waals surface area contributed by atoms with Gasteiger partial charge >= 0.3 is 0 Å². The van der Waals surface area contributed by atoms with Crippen LogP contribution in [-0.4, -0.2) is 85.3 Å². The van der Waals surface area contributed by atoms with E-state index in [-0.39, 0.29) is 66.3 Å². The number of nitro groups is 1. The van der Waals surface area contributed by atoms with E-state index in [2.05, 4.69) is 26.3 Å². The predicted molar refractivity (Wildman–Crippen MR) is 243 cm³/mol. The van der Waals surface area contributed by atoms with Gasteiger partial charge in [-0.15, -0.1) is 11.3 Å².